The minimum atomic E-state index is -0.609. The molecule has 3 aliphatic rings. The zero-order chi connectivity index (χ0) is 28.3. The second-order valence-corrected chi connectivity index (χ2v) is 10.1. The van der Waals surface area contributed by atoms with Gasteiger partial charge in [-0.1, -0.05) is 0 Å². The Hall–Kier alpha value is -4.60. The summed E-state index contributed by atoms with van der Waals surface area (Å²) in [7, 11) is 3.01. The molecule has 2 amide bonds. The van der Waals surface area contributed by atoms with Crippen LogP contribution in [0.15, 0.2) is 30.9 Å². The van der Waals surface area contributed by atoms with Crippen molar-refractivity contribution in [3.63, 3.8) is 0 Å². The van der Waals surface area contributed by atoms with Gasteiger partial charge in [-0.15, -0.1) is 0 Å². The van der Waals surface area contributed by atoms with Gasteiger partial charge >= 0.3 is 6.09 Å². The topological polar surface area (TPSA) is 171 Å². The molecule has 3 fully saturated rings. The Balaban J connectivity index is 1.35. The first-order chi connectivity index (χ1) is 20.0. The van der Waals surface area contributed by atoms with Crippen molar-refractivity contribution in [3.05, 3.63) is 30.9 Å². The van der Waals surface area contributed by atoms with Crippen LogP contribution in [0.4, 0.5) is 34.3 Å². The van der Waals surface area contributed by atoms with Gasteiger partial charge in [-0.05, 0) is 12.8 Å². The molecule has 16 nitrogen and oxygen atoms in total. The molecule has 2 unspecified atom stereocenters. The summed E-state index contributed by atoms with van der Waals surface area (Å²) in [5.41, 5.74) is 0. The maximum absolute atomic E-state index is 13.5. The minimum absolute atomic E-state index is 0.202. The average molecular weight is 565 g/mol. The Morgan fingerprint density at radius 2 is 1.85 bits per heavy atom. The van der Waals surface area contributed by atoms with Crippen LogP contribution < -0.4 is 20.0 Å². The van der Waals surface area contributed by atoms with Crippen molar-refractivity contribution in [1.82, 2.24) is 40.0 Å². The van der Waals surface area contributed by atoms with E-state index >= 15 is 0 Å². The van der Waals surface area contributed by atoms with Gasteiger partial charge in [0, 0.05) is 70.8 Å². The van der Waals surface area contributed by atoms with Crippen LogP contribution in [-0.4, -0.2) is 117 Å². The largest absolute Gasteiger partial charge is 0.453 e. The van der Waals surface area contributed by atoms with Crippen LogP contribution in [-0.2, 0) is 14.3 Å². The van der Waals surface area contributed by atoms with E-state index in [2.05, 4.69) is 25.5 Å². The number of ether oxygens (including phenoxy) is 2. The fraction of sp³-hybridized carbons (Fsp3) is 0.520. The van der Waals surface area contributed by atoms with Crippen LogP contribution in [0.2, 0.25) is 0 Å². The first-order valence-electron chi connectivity index (χ1n) is 13.5. The van der Waals surface area contributed by atoms with Gasteiger partial charge in [0.2, 0.25) is 23.8 Å². The average Bonchev–Trinajstić information content (AvgIpc) is 3.50. The molecule has 2 atom stereocenters. The van der Waals surface area contributed by atoms with E-state index in [9.17, 15) is 9.59 Å². The smallest absolute Gasteiger partial charge is 0.409 e. The quantitative estimate of drug-likeness (QED) is 0.394. The molecule has 2 N–H and O–H groups in total. The number of carbonyl (C=O) groups excluding carboxylic acids is 2. The van der Waals surface area contributed by atoms with E-state index in [-0.39, 0.29) is 24.1 Å². The second kappa shape index (κ2) is 11.5. The SMILES string of the molecule is COC(=O)N1CCN(c2nc(N3CC(OC)CC3C(=O)Nc3cnccn3)nc(N(c3ccn[nH]3)C3CC3)n2)CC1. The number of hydrogen-bond acceptors (Lipinski definition) is 13. The number of aromatic amines is 1. The van der Waals surface area contributed by atoms with Gasteiger partial charge in [0.05, 0.1) is 25.6 Å². The number of rotatable bonds is 8. The maximum atomic E-state index is 13.5. The molecule has 1 saturated carbocycles. The highest BCUT2D eigenvalue weighted by atomic mass is 16.5. The summed E-state index contributed by atoms with van der Waals surface area (Å²) in [6.07, 6.45) is 8.12. The molecule has 3 aromatic heterocycles. The molecule has 2 aliphatic heterocycles. The lowest BCUT2D eigenvalue weighted by molar-refractivity contribution is -0.117. The van der Waals surface area contributed by atoms with E-state index in [1.165, 1.54) is 19.5 Å². The first kappa shape index (κ1) is 26.6. The zero-order valence-electron chi connectivity index (χ0n) is 22.9. The predicted octanol–water partition coefficient (Wildman–Crippen LogP) is 0.806. The van der Waals surface area contributed by atoms with Crippen LogP contribution in [0, 0.1) is 0 Å². The Labute approximate surface area is 236 Å². The number of nitrogens with one attached hydrogen (secondary N) is 2. The third kappa shape index (κ3) is 5.68. The highest BCUT2D eigenvalue weighted by Gasteiger charge is 2.41. The van der Waals surface area contributed by atoms with E-state index in [0.29, 0.717) is 62.8 Å². The molecule has 0 spiro atoms. The highest BCUT2D eigenvalue weighted by Crippen LogP contribution is 2.37. The molecule has 16 heteroatoms. The molecular formula is C25H32N12O4. The molecule has 1 aliphatic carbocycles. The van der Waals surface area contributed by atoms with Gasteiger partial charge in [-0.3, -0.25) is 19.8 Å². The van der Waals surface area contributed by atoms with Gasteiger partial charge in [-0.25, -0.2) is 9.78 Å². The van der Waals surface area contributed by atoms with Crippen molar-refractivity contribution in [2.24, 2.45) is 0 Å². The van der Waals surface area contributed by atoms with Gasteiger partial charge in [0.15, 0.2) is 5.82 Å². The van der Waals surface area contributed by atoms with Gasteiger partial charge in [-0.2, -0.15) is 20.1 Å². The molecule has 5 heterocycles. The number of methoxy groups -OCH3 is 2. The third-order valence-electron chi connectivity index (χ3n) is 7.44. The number of hydrogen-bond donors (Lipinski definition) is 2. The van der Waals surface area contributed by atoms with Crippen LogP contribution in [0.1, 0.15) is 19.3 Å². The van der Waals surface area contributed by atoms with Gasteiger partial charge < -0.3 is 29.5 Å². The summed E-state index contributed by atoms with van der Waals surface area (Å²) >= 11 is 0. The molecular weight excluding hydrogens is 532 g/mol. The molecule has 6 rings (SSSR count). The molecule has 2 saturated heterocycles. The third-order valence-corrected chi connectivity index (χ3v) is 7.44. The normalized spacial score (nSPS) is 20.7. The summed E-state index contributed by atoms with van der Waals surface area (Å²) in [6, 6.07) is 1.49. The molecule has 216 valence electrons. The van der Waals surface area contributed by atoms with E-state index in [0.717, 1.165) is 18.7 Å². The Morgan fingerprint density at radius 1 is 1.05 bits per heavy atom. The van der Waals surface area contributed by atoms with Crippen LogP contribution in [0.25, 0.3) is 0 Å². The summed E-state index contributed by atoms with van der Waals surface area (Å²) in [6.45, 7) is 2.39. The fourth-order valence-electron chi connectivity index (χ4n) is 5.13. The monoisotopic (exact) mass is 564 g/mol. The van der Waals surface area contributed by atoms with Crippen LogP contribution in [0.5, 0.6) is 0 Å². The fourth-order valence-corrected chi connectivity index (χ4v) is 5.13. The molecule has 0 aromatic carbocycles. The Bertz CT molecular complexity index is 1350. The number of carbonyl (C=O) groups is 2. The van der Waals surface area contributed by atoms with Crippen molar-refractivity contribution < 1.29 is 19.1 Å². The molecule has 0 bridgehead atoms. The Kier molecular flexibility index (Phi) is 7.45. The predicted molar refractivity (Wildman–Crippen MR) is 147 cm³/mol. The number of aromatic nitrogens is 7. The summed E-state index contributed by atoms with van der Waals surface area (Å²) < 4.78 is 10.6. The zero-order valence-corrected chi connectivity index (χ0v) is 22.9. The maximum Gasteiger partial charge on any atom is 0.409 e. The van der Waals surface area contributed by atoms with E-state index in [1.807, 2.05) is 20.8 Å². The van der Waals surface area contributed by atoms with Crippen molar-refractivity contribution >= 4 is 41.5 Å². The minimum Gasteiger partial charge on any atom is -0.453 e. The molecule has 41 heavy (non-hydrogen) atoms. The lowest BCUT2D eigenvalue weighted by atomic mass is 10.2. The van der Waals surface area contributed by atoms with Gasteiger partial charge in [0.25, 0.3) is 0 Å². The van der Waals surface area contributed by atoms with Crippen molar-refractivity contribution in [2.75, 3.05) is 67.0 Å². The van der Waals surface area contributed by atoms with E-state index in [1.54, 1.807) is 24.4 Å². The number of nitrogens with zero attached hydrogens (tertiary/aromatic N) is 10. The lowest BCUT2D eigenvalue weighted by Crippen LogP contribution is -2.49. The number of amides is 2. The standard InChI is InChI=1S/C25H32N12O4/c1-40-17-13-18(21(38)29-19-14-26-7-8-27-19)36(15-17)23-30-22(34-9-11-35(12-10-34)25(39)41-2)31-24(32-23)37(16-3-4-16)20-5-6-28-33-20/h5-8,14,16-18H,3-4,9-13,15H2,1-2H3,(H,28,33)(H,27,29,38). The van der Waals surface area contributed by atoms with Crippen LogP contribution >= 0.6 is 0 Å². The number of piperazine rings is 1. The summed E-state index contributed by atoms with van der Waals surface area (Å²) in [4.78, 5) is 55.9. The second-order valence-electron chi connectivity index (χ2n) is 10.1. The lowest BCUT2D eigenvalue weighted by Gasteiger charge is -2.34. The Morgan fingerprint density at radius 3 is 2.51 bits per heavy atom. The van der Waals surface area contributed by atoms with Crippen molar-refractivity contribution in [2.45, 2.75) is 37.5 Å². The number of anilines is 5. The highest BCUT2D eigenvalue weighted by molar-refractivity contribution is 5.96. The molecule has 3 aromatic rings. The van der Waals surface area contributed by atoms with E-state index in [4.69, 9.17) is 24.4 Å². The number of H-pyrrole nitrogens is 1. The van der Waals surface area contributed by atoms with Gasteiger partial charge in [0.1, 0.15) is 11.9 Å². The van der Waals surface area contributed by atoms with Crippen molar-refractivity contribution in [1.29, 1.82) is 0 Å². The van der Waals surface area contributed by atoms with Crippen molar-refractivity contribution in [3.8, 4) is 0 Å². The summed E-state index contributed by atoms with van der Waals surface area (Å²) in [5, 5.41) is 10.0. The van der Waals surface area contributed by atoms with E-state index < -0.39 is 6.04 Å². The molecule has 0 radical (unpaired) electrons. The van der Waals surface area contributed by atoms with Crippen LogP contribution in [0.3, 0.4) is 0 Å². The summed E-state index contributed by atoms with van der Waals surface area (Å²) in [5.74, 6) is 2.17. The first-order valence-corrected chi connectivity index (χ1v) is 13.5.